The van der Waals surface area contributed by atoms with Crippen molar-refractivity contribution in [1.82, 2.24) is 0 Å². The van der Waals surface area contributed by atoms with Gasteiger partial charge >= 0.3 is 5.82 Å². The van der Waals surface area contributed by atoms with Gasteiger partial charge in [0.05, 0.1) is 27.7 Å². The number of nitrogens with zero attached hydrogens (tertiary/aromatic N) is 4. The SMILES string of the molecule is [C-]#[N+]C([N+]#[C-])=C1c2ccccc2-c2c1c1c3ccccc3c(=Nc3ccc(C(C)C)cc3)c1c1c2c(=Nc2ccc(C(C)C)cc2)c2ccccc21. The molecule has 8 aromatic carbocycles. The lowest BCUT2D eigenvalue weighted by Crippen LogP contribution is -2.03. The summed E-state index contributed by atoms with van der Waals surface area (Å²) in [6.45, 7) is 25.2. The van der Waals surface area contributed by atoms with Gasteiger partial charge in [0, 0.05) is 26.9 Å². The summed E-state index contributed by atoms with van der Waals surface area (Å²) in [6.07, 6.45) is 0. The molecule has 8 aromatic rings. The molecule has 0 N–H and O–H groups in total. The van der Waals surface area contributed by atoms with Crippen molar-refractivity contribution in [2.45, 2.75) is 39.5 Å². The molecule has 0 unspecified atom stereocenters. The molecule has 52 heavy (non-hydrogen) atoms. The highest BCUT2D eigenvalue weighted by Crippen LogP contribution is 2.54. The van der Waals surface area contributed by atoms with Crippen molar-refractivity contribution < 1.29 is 0 Å². The van der Waals surface area contributed by atoms with Gasteiger partial charge in [-0.2, -0.15) is 9.69 Å². The molecule has 4 heteroatoms. The molecule has 0 heterocycles. The predicted molar refractivity (Wildman–Crippen MR) is 215 cm³/mol. The van der Waals surface area contributed by atoms with Crippen molar-refractivity contribution >= 4 is 60.0 Å². The van der Waals surface area contributed by atoms with Crippen LogP contribution in [0.3, 0.4) is 0 Å². The largest absolute Gasteiger partial charge is 0.527 e. The number of hydrogen-bond donors (Lipinski definition) is 0. The van der Waals surface area contributed by atoms with E-state index in [-0.39, 0.29) is 5.82 Å². The maximum Gasteiger partial charge on any atom is 0.527 e. The highest BCUT2D eigenvalue weighted by molar-refractivity contribution is 6.36. The van der Waals surface area contributed by atoms with Gasteiger partial charge in [-0.3, -0.25) is 0 Å². The smallest absolute Gasteiger partial charge is 0.248 e. The third kappa shape index (κ3) is 4.58. The summed E-state index contributed by atoms with van der Waals surface area (Å²) in [4.78, 5) is 18.6. The van der Waals surface area contributed by atoms with E-state index in [1.165, 1.54) is 11.1 Å². The highest BCUT2D eigenvalue weighted by Gasteiger charge is 2.36. The monoisotopic (exact) mass is 666 g/mol. The molecular formula is C48H34N4. The van der Waals surface area contributed by atoms with Crippen molar-refractivity contribution in [2.24, 2.45) is 9.98 Å². The van der Waals surface area contributed by atoms with Crippen molar-refractivity contribution in [2.75, 3.05) is 0 Å². The summed E-state index contributed by atoms with van der Waals surface area (Å²) in [5, 5.41) is 10.2. The lowest BCUT2D eigenvalue weighted by Gasteiger charge is -2.09. The van der Waals surface area contributed by atoms with Crippen LogP contribution < -0.4 is 10.7 Å². The molecule has 0 atom stereocenters. The van der Waals surface area contributed by atoms with Crippen LogP contribution in [0.4, 0.5) is 11.4 Å². The van der Waals surface area contributed by atoms with Gasteiger partial charge in [0.25, 0.3) is 0 Å². The zero-order valence-electron chi connectivity index (χ0n) is 29.5. The van der Waals surface area contributed by atoms with Crippen LogP contribution in [0.25, 0.3) is 69.5 Å². The van der Waals surface area contributed by atoms with Crippen LogP contribution in [0.1, 0.15) is 61.8 Å². The lowest BCUT2D eigenvalue weighted by molar-refractivity contribution is 0.866. The Balaban J connectivity index is 1.58. The second-order valence-corrected chi connectivity index (χ2v) is 14.2. The standard InChI is InChI=1S/C48H34N4/c1-27(2)29-19-23-31(24-20-29)51-46-37-17-11-9-15-35(37)40-43-39(33-13-7-8-14-34(33)42(43)48(49-5)50-6)44-41(45(40)46)36-16-10-12-18-38(36)47(44)52-32-25-21-30(22-26-32)28(3)4/h7-28H,1-4H3. The van der Waals surface area contributed by atoms with Crippen LogP contribution >= 0.6 is 0 Å². The highest BCUT2D eigenvalue weighted by atomic mass is 14.9. The van der Waals surface area contributed by atoms with Gasteiger partial charge in [0.2, 0.25) is 0 Å². The number of rotatable bonds is 4. The van der Waals surface area contributed by atoms with E-state index in [1.807, 2.05) is 12.1 Å². The Morgan fingerprint density at radius 2 is 0.904 bits per heavy atom. The zero-order chi connectivity index (χ0) is 35.7. The minimum Gasteiger partial charge on any atom is -0.248 e. The average Bonchev–Trinajstić information content (AvgIpc) is 3.79. The van der Waals surface area contributed by atoms with Gasteiger partial charge in [-0.25, -0.2) is 9.98 Å². The second kappa shape index (κ2) is 12.0. The normalized spacial score (nSPS) is 13.1. The minimum atomic E-state index is 0.0683. The van der Waals surface area contributed by atoms with Crippen LogP contribution in [0, 0.1) is 13.1 Å². The molecule has 0 bridgehead atoms. The maximum atomic E-state index is 8.18. The lowest BCUT2D eigenvalue weighted by atomic mass is 9.93. The molecule has 0 saturated carbocycles. The minimum absolute atomic E-state index is 0.0683. The molecule has 1 aliphatic carbocycles. The van der Waals surface area contributed by atoms with Crippen LogP contribution in [0.2, 0.25) is 0 Å². The van der Waals surface area contributed by atoms with E-state index in [0.717, 1.165) is 87.4 Å². The molecule has 9 rings (SSSR count). The summed E-state index contributed by atoms with van der Waals surface area (Å²) in [7, 11) is 0. The van der Waals surface area contributed by atoms with E-state index in [1.54, 1.807) is 0 Å². The van der Waals surface area contributed by atoms with E-state index in [0.29, 0.717) is 17.4 Å². The molecular weight excluding hydrogens is 633 g/mol. The number of benzene rings is 6. The first kappa shape index (κ1) is 31.4. The molecule has 0 radical (unpaired) electrons. The van der Waals surface area contributed by atoms with Crippen molar-refractivity contribution in [3.8, 4) is 11.1 Å². The van der Waals surface area contributed by atoms with Crippen molar-refractivity contribution in [1.29, 1.82) is 0 Å². The third-order valence-electron chi connectivity index (χ3n) is 10.6. The molecule has 4 nitrogen and oxygen atoms in total. The fraction of sp³-hybridized carbons (Fsp3) is 0.125. The van der Waals surface area contributed by atoms with E-state index < -0.39 is 0 Å². The first-order chi connectivity index (χ1) is 25.4. The summed E-state index contributed by atoms with van der Waals surface area (Å²) in [5.41, 5.74) is 8.83. The van der Waals surface area contributed by atoms with Crippen molar-refractivity contribution in [3.05, 3.63) is 183 Å². The quantitative estimate of drug-likeness (QED) is 0.168. The summed E-state index contributed by atoms with van der Waals surface area (Å²) in [5.74, 6) is 0.906. The van der Waals surface area contributed by atoms with Gasteiger partial charge in [-0.05, 0) is 85.6 Å². The molecule has 0 aliphatic heterocycles. The van der Waals surface area contributed by atoms with Crippen LogP contribution in [-0.4, -0.2) is 0 Å². The predicted octanol–water partition coefficient (Wildman–Crippen LogP) is 12.4. The molecule has 0 aromatic heterocycles. The van der Waals surface area contributed by atoms with Crippen LogP contribution in [0.15, 0.2) is 137 Å². The van der Waals surface area contributed by atoms with Gasteiger partial charge < -0.3 is 0 Å². The topological polar surface area (TPSA) is 33.4 Å². The Bertz CT molecular complexity index is 2990. The average molecular weight is 667 g/mol. The molecule has 0 fully saturated rings. The fourth-order valence-corrected chi connectivity index (χ4v) is 8.15. The maximum absolute atomic E-state index is 8.18. The Morgan fingerprint density at radius 3 is 1.40 bits per heavy atom. The van der Waals surface area contributed by atoms with Crippen LogP contribution in [0.5, 0.6) is 0 Å². The summed E-state index contributed by atoms with van der Waals surface area (Å²) in [6, 6.07) is 42.3. The van der Waals surface area contributed by atoms with E-state index in [2.05, 4.69) is 147 Å². The first-order valence-electron chi connectivity index (χ1n) is 17.8. The summed E-state index contributed by atoms with van der Waals surface area (Å²) >= 11 is 0. The van der Waals surface area contributed by atoms with E-state index in [9.17, 15) is 0 Å². The second-order valence-electron chi connectivity index (χ2n) is 14.2. The van der Waals surface area contributed by atoms with E-state index in [4.69, 9.17) is 23.1 Å². The van der Waals surface area contributed by atoms with Crippen LogP contribution in [-0.2, 0) is 0 Å². The Hall–Kier alpha value is -6.62. The number of fused-ring (bicyclic) bond motifs is 12. The van der Waals surface area contributed by atoms with E-state index >= 15 is 0 Å². The summed E-state index contributed by atoms with van der Waals surface area (Å²) < 4.78 is 0. The molecule has 246 valence electrons. The van der Waals surface area contributed by atoms with Gasteiger partial charge in [0.1, 0.15) is 13.1 Å². The molecule has 0 amide bonds. The molecule has 0 spiro atoms. The Labute approximate surface area is 302 Å². The first-order valence-corrected chi connectivity index (χ1v) is 17.8. The van der Waals surface area contributed by atoms with Gasteiger partial charge in [-0.1, -0.05) is 125 Å². The fourth-order valence-electron chi connectivity index (χ4n) is 8.15. The van der Waals surface area contributed by atoms with Gasteiger partial charge in [-0.15, -0.1) is 0 Å². The van der Waals surface area contributed by atoms with Gasteiger partial charge in [0.15, 0.2) is 0 Å². The molecule has 0 saturated heterocycles. The number of hydrogen-bond acceptors (Lipinski definition) is 2. The Morgan fingerprint density at radius 1 is 0.462 bits per heavy atom. The Kier molecular flexibility index (Phi) is 7.25. The third-order valence-corrected chi connectivity index (χ3v) is 10.6. The zero-order valence-corrected chi connectivity index (χ0v) is 29.5. The molecule has 1 aliphatic rings. The van der Waals surface area contributed by atoms with Crippen molar-refractivity contribution in [3.63, 3.8) is 0 Å².